The number of aliphatic carboxylic acids is 1. The van der Waals surface area contributed by atoms with Crippen molar-refractivity contribution in [1.82, 2.24) is 5.32 Å². The van der Waals surface area contributed by atoms with Gasteiger partial charge in [0, 0.05) is 6.54 Å². The average Bonchev–Trinajstić information content (AvgIpc) is 2.34. The van der Waals surface area contributed by atoms with Crippen LogP contribution in [0, 0.1) is 0 Å². The molecule has 0 aromatic rings. The van der Waals surface area contributed by atoms with Gasteiger partial charge in [0.15, 0.2) is 0 Å². The van der Waals surface area contributed by atoms with Gasteiger partial charge in [-0.05, 0) is 53.4 Å². The molecule has 0 rings (SSSR count). The van der Waals surface area contributed by atoms with Crippen molar-refractivity contribution in [3.05, 3.63) is 34.9 Å². The fourth-order valence-electron chi connectivity index (χ4n) is 1.76. The molecule has 114 valence electrons. The second-order valence-corrected chi connectivity index (χ2v) is 5.48. The van der Waals surface area contributed by atoms with Gasteiger partial charge in [0.1, 0.15) is 0 Å². The Hall–Kier alpha value is -1.35. The molecule has 0 saturated heterocycles. The highest BCUT2D eigenvalue weighted by Crippen LogP contribution is 2.11. The molecule has 0 aliphatic carbocycles. The second-order valence-electron chi connectivity index (χ2n) is 5.48. The van der Waals surface area contributed by atoms with Crippen molar-refractivity contribution >= 4 is 5.97 Å². The predicted octanol–water partition coefficient (Wildman–Crippen LogP) is 4.08. The van der Waals surface area contributed by atoms with E-state index >= 15 is 0 Å². The van der Waals surface area contributed by atoms with E-state index in [-0.39, 0.29) is 6.54 Å². The van der Waals surface area contributed by atoms with Crippen LogP contribution in [0.4, 0.5) is 0 Å². The number of carboxylic acid groups (broad SMARTS) is 1. The van der Waals surface area contributed by atoms with Gasteiger partial charge in [-0.25, -0.2) is 0 Å². The van der Waals surface area contributed by atoms with E-state index in [0.29, 0.717) is 6.54 Å². The molecule has 0 saturated carbocycles. The summed E-state index contributed by atoms with van der Waals surface area (Å²) in [6.45, 7) is 9.19. The van der Waals surface area contributed by atoms with Crippen molar-refractivity contribution in [3.63, 3.8) is 0 Å². The monoisotopic (exact) mass is 279 g/mol. The largest absolute Gasteiger partial charge is 0.480 e. The first-order valence-electron chi connectivity index (χ1n) is 7.29. The lowest BCUT2D eigenvalue weighted by Gasteiger charge is -2.02. The van der Waals surface area contributed by atoms with Gasteiger partial charge < -0.3 is 10.4 Å². The molecule has 0 amide bonds. The minimum absolute atomic E-state index is 0.0210. The fraction of sp³-hybridized carbons (Fsp3) is 0.588. The van der Waals surface area contributed by atoms with Crippen LogP contribution in [0.3, 0.4) is 0 Å². The first-order valence-corrected chi connectivity index (χ1v) is 7.29. The normalized spacial score (nSPS) is 12.4. The van der Waals surface area contributed by atoms with Crippen LogP contribution < -0.4 is 5.32 Å². The number of carboxylic acids is 1. The number of nitrogens with one attached hydrogen (secondary N) is 1. The van der Waals surface area contributed by atoms with Crippen molar-refractivity contribution in [1.29, 1.82) is 0 Å². The van der Waals surface area contributed by atoms with Crippen molar-refractivity contribution in [2.24, 2.45) is 0 Å². The van der Waals surface area contributed by atoms with Crippen molar-refractivity contribution in [2.45, 2.75) is 53.4 Å². The van der Waals surface area contributed by atoms with Crippen LogP contribution in [0.25, 0.3) is 0 Å². The fourth-order valence-corrected chi connectivity index (χ4v) is 1.76. The third kappa shape index (κ3) is 13.1. The first-order chi connectivity index (χ1) is 9.41. The molecule has 3 nitrogen and oxygen atoms in total. The summed E-state index contributed by atoms with van der Waals surface area (Å²) >= 11 is 0. The molecule has 0 fully saturated rings. The molecule has 3 heteroatoms. The molecule has 0 aromatic carbocycles. The molecule has 0 atom stereocenters. The van der Waals surface area contributed by atoms with Gasteiger partial charge in [-0.1, -0.05) is 34.9 Å². The van der Waals surface area contributed by atoms with Gasteiger partial charge in [0.2, 0.25) is 0 Å². The second kappa shape index (κ2) is 11.5. The number of hydrogen-bond acceptors (Lipinski definition) is 2. The Kier molecular flexibility index (Phi) is 10.7. The maximum Gasteiger partial charge on any atom is 0.317 e. The Morgan fingerprint density at radius 1 is 0.950 bits per heavy atom. The van der Waals surface area contributed by atoms with Crippen LogP contribution >= 0.6 is 0 Å². The molecule has 0 bridgehead atoms. The summed E-state index contributed by atoms with van der Waals surface area (Å²) in [4.78, 5) is 10.3. The third-order valence-electron chi connectivity index (χ3n) is 2.99. The summed E-state index contributed by atoms with van der Waals surface area (Å²) in [6.07, 6.45) is 11.0. The highest BCUT2D eigenvalue weighted by Gasteiger charge is 1.94. The lowest BCUT2D eigenvalue weighted by molar-refractivity contribution is -0.135. The summed E-state index contributed by atoms with van der Waals surface area (Å²) in [5.41, 5.74) is 4.13. The van der Waals surface area contributed by atoms with Crippen molar-refractivity contribution in [3.8, 4) is 0 Å². The quantitative estimate of drug-likeness (QED) is 0.468. The molecule has 0 aromatic heterocycles. The number of allylic oxidation sites excluding steroid dienone is 5. The van der Waals surface area contributed by atoms with Crippen LogP contribution in [-0.4, -0.2) is 24.2 Å². The number of carbonyl (C=O) groups is 1. The van der Waals surface area contributed by atoms with E-state index in [1.165, 1.54) is 16.7 Å². The molecular weight excluding hydrogens is 250 g/mol. The van der Waals surface area contributed by atoms with Crippen LogP contribution in [0.1, 0.15) is 53.4 Å². The SMILES string of the molecule is CC(C)=CCC/C(C)=C/CC/C(C)=C/CNCC(=O)O. The molecular formula is C17H29NO2. The minimum atomic E-state index is -0.814. The zero-order chi connectivity index (χ0) is 15.4. The Morgan fingerprint density at radius 3 is 2.05 bits per heavy atom. The topological polar surface area (TPSA) is 49.3 Å². The van der Waals surface area contributed by atoms with Gasteiger partial charge in [-0.2, -0.15) is 0 Å². The van der Waals surface area contributed by atoms with E-state index in [0.717, 1.165) is 25.7 Å². The zero-order valence-electron chi connectivity index (χ0n) is 13.3. The highest BCUT2D eigenvalue weighted by molar-refractivity contribution is 5.69. The van der Waals surface area contributed by atoms with E-state index < -0.39 is 5.97 Å². The number of hydrogen-bond donors (Lipinski definition) is 2. The summed E-state index contributed by atoms with van der Waals surface area (Å²) in [6, 6.07) is 0. The van der Waals surface area contributed by atoms with Crippen LogP contribution in [-0.2, 0) is 4.79 Å². The van der Waals surface area contributed by atoms with Gasteiger partial charge >= 0.3 is 5.97 Å². The summed E-state index contributed by atoms with van der Waals surface area (Å²) in [5, 5.41) is 11.3. The smallest absolute Gasteiger partial charge is 0.317 e. The molecule has 20 heavy (non-hydrogen) atoms. The Balaban J connectivity index is 3.82. The van der Waals surface area contributed by atoms with Gasteiger partial charge in [-0.3, -0.25) is 4.79 Å². The molecule has 0 aliphatic rings. The van der Waals surface area contributed by atoms with Crippen LogP contribution in [0.5, 0.6) is 0 Å². The lowest BCUT2D eigenvalue weighted by Crippen LogP contribution is -2.22. The van der Waals surface area contributed by atoms with Crippen molar-refractivity contribution < 1.29 is 9.90 Å². The lowest BCUT2D eigenvalue weighted by atomic mass is 10.1. The summed E-state index contributed by atoms with van der Waals surface area (Å²) in [5.74, 6) is -0.814. The predicted molar refractivity (Wildman–Crippen MR) is 85.9 cm³/mol. The maximum atomic E-state index is 10.3. The Labute approximate surface area is 123 Å². The van der Waals surface area contributed by atoms with E-state index in [9.17, 15) is 4.79 Å². The Bertz CT molecular complexity index is 374. The van der Waals surface area contributed by atoms with Crippen molar-refractivity contribution in [2.75, 3.05) is 13.1 Å². The van der Waals surface area contributed by atoms with Gasteiger partial charge in [0.05, 0.1) is 6.54 Å². The zero-order valence-corrected chi connectivity index (χ0v) is 13.3. The van der Waals surface area contributed by atoms with Gasteiger partial charge in [-0.15, -0.1) is 0 Å². The van der Waals surface area contributed by atoms with Crippen LogP contribution in [0.2, 0.25) is 0 Å². The Morgan fingerprint density at radius 2 is 1.50 bits per heavy atom. The van der Waals surface area contributed by atoms with E-state index in [4.69, 9.17) is 5.11 Å². The van der Waals surface area contributed by atoms with E-state index in [1.54, 1.807) is 0 Å². The molecule has 0 radical (unpaired) electrons. The summed E-state index contributed by atoms with van der Waals surface area (Å²) < 4.78 is 0. The highest BCUT2D eigenvalue weighted by atomic mass is 16.4. The van der Waals surface area contributed by atoms with Crippen LogP contribution in [0.15, 0.2) is 34.9 Å². The molecule has 0 spiro atoms. The first kappa shape index (κ1) is 18.7. The molecule has 0 unspecified atom stereocenters. The molecule has 0 aliphatic heterocycles. The minimum Gasteiger partial charge on any atom is -0.480 e. The third-order valence-corrected chi connectivity index (χ3v) is 2.99. The van der Waals surface area contributed by atoms with Gasteiger partial charge in [0.25, 0.3) is 0 Å². The molecule has 2 N–H and O–H groups in total. The standard InChI is InChI=1S/C17H29NO2/c1-14(2)7-5-8-15(3)9-6-10-16(4)11-12-18-13-17(19)20/h7,9,11,18H,5-6,8,10,12-13H2,1-4H3,(H,19,20)/b15-9+,16-11+. The summed E-state index contributed by atoms with van der Waals surface area (Å²) in [7, 11) is 0. The molecule has 0 heterocycles. The maximum absolute atomic E-state index is 10.3. The number of rotatable bonds is 10. The average molecular weight is 279 g/mol. The van der Waals surface area contributed by atoms with E-state index in [2.05, 4.69) is 51.2 Å². The van der Waals surface area contributed by atoms with E-state index in [1.807, 2.05) is 0 Å².